The smallest absolute Gasteiger partial charge is 0.222 e. The van der Waals surface area contributed by atoms with Crippen molar-refractivity contribution in [2.24, 2.45) is 17.6 Å². The van der Waals surface area contributed by atoms with Crippen molar-refractivity contribution in [3.8, 4) is 0 Å². The van der Waals surface area contributed by atoms with Gasteiger partial charge in [-0.25, -0.2) is 0 Å². The zero-order valence-corrected chi connectivity index (χ0v) is 10.5. The van der Waals surface area contributed by atoms with Gasteiger partial charge in [-0.2, -0.15) is 0 Å². The highest BCUT2D eigenvalue weighted by molar-refractivity contribution is 5.76. The molecular weight excluding hydrogens is 204 g/mol. The van der Waals surface area contributed by atoms with Gasteiger partial charge in [0.25, 0.3) is 0 Å². The SMILES string of the molecule is COC(CN)CC(=O)NC1CCC(C)C1C. The molecule has 0 spiro atoms. The fraction of sp³-hybridized carbons (Fsp3) is 0.917. The minimum absolute atomic E-state index is 0.0586. The molecule has 1 amide bonds. The van der Waals surface area contributed by atoms with Gasteiger partial charge in [0.2, 0.25) is 5.91 Å². The highest BCUT2D eigenvalue weighted by Gasteiger charge is 2.30. The number of carbonyl (C=O) groups excluding carboxylic acids is 1. The standard InChI is InChI=1S/C12H24N2O2/c1-8-4-5-11(9(8)2)14-12(15)6-10(7-13)16-3/h8-11H,4-7,13H2,1-3H3,(H,14,15). The van der Waals surface area contributed by atoms with E-state index in [1.54, 1.807) is 7.11 Å². The van der Waals surface area contributed by atoms with Crippen molar-refractivity contribution in [3.63, 3.8) is 0 Å². The van der Waals surface area contributed by atoms with Gasteiger partial charge in [0.1, 0.15) is 0 Å². The number of amides is 1. The maximum Gasteiger partial charge on any atom is 0.222 e. The summed E-state index contributed by atoms with van der Waals surface area (Å²) >= 11 is 0. The van der Waals surface area contributed by atoms with Gasteiger partial charge < -0.3 is 15.8 Å². The Morgan fingerprint density at radius 2 is 2.19 bits per heavy atom. The highest BCUT2D eigenvalue weighted by Crippen LogP contribution is 2.31. The summed E-state index contributed by atoms with van der Waals surface area (Å²) in [5.74, 6) is 1.34. The third-order valence-corrected chi connectivity index (χ3v) is 3.82. The summed E-state index contributed by atoms with van der Waals surface area (Å²) in [6.07, 6.45) is 2.50. The largest absolute Gasteiger partial charge is 0.380 e. The van der Waals surface area contributed by atoms with Crippen LogP contribution in [0.1, 0.15) is 33.1 Å². The van der Waals surface area contributed by atoms with Gasteiger partial charge in [-0.15, -0.1) is 0 Å². The number of nitrogens with two attached hydrogens (primary N) is 1. The zero-order chi connectivity index (χ0) is 12.1. The summed E-state index contributed by atoms with van der Waals surface area (Å²) in [5, 5.41) is 3.08. The Hall–Kier alpha value is -0.610. The molecule has 1 saturated carbocycles. The van der Waals surface area contributed by atoms with Crippen LogP contribution in [0.2, 0.25) is 0 Å². The Kier molecular flexibility index (Phi) is 5.22. The second kappa shape index (κ2) is 6.21. The summed E-state index contributed by atoms with van der Waals surface area (Å²) in [4.78, 5) is 11.7. The van der Waals surface area contributed by atoms with E-state index in [2.05, 4.69) is 19.2 Å². The average Bonchev–Trinajstić information content (AvgIpc) is 2.58. The third-order valence-electron chi connectivity index (χ3n) is 3.82. The molecule has 0 aromatic rings. The van der Waals surface area contributed by atoms with E-state index in [0.29, 0.717) is 30.8 Å². The molecule has 4 atom stereocenters. The minimum Gasteiger partial charge on any atom is -0.380 e. The quantitative estimate of drug-likeness (QED) is 0.735. The molecule has 4 unspecified atom stereocenters. The lowest BCUT2D eigenvalue weighted by molar-refractivity contribution is -0.124. The predicted molar refractivity (Wildman–Crippen MR) is 64.0 cm³/mol. The molecule has 1 fully saturated rings. The Morgan fingerprint density at radius 3 is 2.62 bits per heavy atom. The monoisotopic (exact) mass is 228 g/mol. The number of hydrogen-bond donors (Lipinski definition) is 2. The fourth-order valence-electron chi connectivity index (χ4n) is 2.30. The Labute approximate surface area is 97.9 Å². The van der Waals surface area contributed by atoms with Crippen LogP contribution in [0, 0.1) is 11.8 Å². The molecule has 0 heterocycles. The second-order valence-corrected chi connectivity index (χ2v) is 4.89. The van der Waals surface area contributed by atoms with Gasteiger partial charge in [0, 0.05) is 19.7 Å². The molecule has 0 aliphatic heterocycles. The molecule has 0 bridgehead atoms. The molecule has 4 heteroatoms. The summed E-state index contributed by atoms with van der Waals surface area (Å²) in [6.45, 7) is 4.84. The van der Waals surface area contributed by atoms with E-state index >= 15 is 0 Å². The number of hydrogen-bond acceptors (Lipinski definition) is 3. The second-order valence-electron chi connectivity index (χ2n) is 4.89. The van der Waals surface area contributed by atoms with E-state index in [-0.39, 0.29) is 12.0 Å². The molecule has 0 radical (unpaired) electrons. The lowest BCUT2D eigenvalue weighted by atomic mass is 9.97. The van der Waals surface area contributed by atoms with E-state index in [9.17, 15) is 4.79 Å². The van der Waals surface area contributed by atoms with Crippen molar-refractivity contribution in [2.75, 3.05) is 13.7 Å². The lowest BCUT2D eigenvalue weighted by Crippen LogP contribution is -2.40. The van der Waals surface area contributed by atoms with Crippen LogP contribution >= 0.6 is 0 Å². The van der Waals surface area contributed by atoms with Crippen molar-refractivity contribution in [3.05, 3.63) is 0 Å². The number of ether oxygens (including phenoxy) is 1. The predicted octanol–water partition coefficient (Wildman–Crippen LogP) is 0.901. The Balaban J connectivity index is 2.34. The summed E-state index contributed by atoms with van der Waals surface area (Å²) in [7, 11) is 1.59. The molecule has 1 rings (SSSR count). The van der Waals surface area contributed by atoms with Crippen molar-refractivity contribution in [2.45, 2.75) is 45.3 Å². The number of rotatable bonds is 5. The molecule has 1 aliphatic carbocycles. The van der Waals surface area contributed by atoms with E-state index in [1.165, 1.54) is 6.42 Å². The first-order chi connectivity index (χ1) is 7.58. The van der Waals surface area contributed by atoms with E-state index in [1.807, 2.05) is 0 Å². The van der Waals surface area contributed by atoms with Crippen molar-refractivity contribution < 1.29 is 9.53 Å². The van der Waals surface area contributed by atoms with E-state index in [0.717, 1.165) is 6.42 Å². The number of nitrogens with one attached hydrogen (secondary N) is 1. The molecule has 0 saturated heterocycles. The first kappa shape index (κ1) is 13.5. The minimum atomic E-state index is -0.158. The molecule has 94 valence electrons. The average molecular weight is 228 g/mol. The zero-order valence-electron chi connectivity index (χ0n) is 10.5. The normalized spacial score (nSPS) is 31.4. The van der Waals surface area contributed by atoms with E-state index < -0.39 is 0 Å². The van der Waals surface area contributed by atoms with Gasteiger partial charge >= 0.3 is 0 Å². The van der Waals surface area contributed by atoms with E-state index in [4.69, 9.17) is 10.5 Å². The maximum atomic E-state index is 11.7. The van der Waals surface area contributed by atoms with Crippen LogP contribution in [-0.2, 0) is 9.53 Å². The van der Waals surface area contributed by atoms with Crippen LogP contribution < -0.4 is 11.1 Å². The molecule has 3 N–H and O–H groups in total. The van der Waals surface area contributed by atoms with Crippen molar-refractivity contribution >= 4 is 5.91 Å². The topological polar surface area (TPSA) is 64.3 Å². The van der Waals surface area contributed by atoms with Crippen molar-refractivity contribution in [1.29, 1.82) is 0 Å². The van der Waals surface area contributed by atoms with Crippen LogP contribution in [-0.4, -0.2) is 31.7 Å². The van der Waals surface area contributed by atoms with Crippen LogP contribution in [0.4, 0.5) is 0 Å². The molecular formula is C12H24N2O2. The fourth-order valence-corrected chi connectivity index (χ4v) is 2.30. The molecule has 4 nitrogen and oxygen atoms in total. The van der Waals surface area contributed by atoms with Gasteiger partial charge in [0.05, 0.1) is 12.5 Å². The summed E-state index contributed by atoms with van der Waals surface area (Å²) in [5.41, 5.74) is 5.48. The first-order valence-electron chi connectivity index (χ1n) is 6.10. The lowest BCUT2D eigenvalue weighted by Gasteiger charge is -2.21. The van der Waals surface area contributed by atoms with Gasteiger partial charge in [-0.3, -0.25) is 4.79 Å². The van der Waals surface area contributed by atoms with Gasteiger partial charge in [0.15, 0.2) is 0 Å². The van der Waals surface area contributed by atoms with Crippen LogP contribution in [0.25, 0.3) is 0 Å². The van der Waals surface area contributed by atoms with Crippen molar-refractivity contribution in [1.82, 2.24) is 5.32 Å². The van der Waals surface area contributed by atoms with Gasteiger partial charge in [-0.05, 0) is 24.7 Å². The number of methoxy groups -OCH3 is 1. The first-order valence-corrected chi connectivity index (χ1v) is 6.10. The van der Waals surface area contributed by atoms with Crippen LogP contribution in [0.3, 0.4) is 0 Å². The molecule has 1 aliphatic rings. The maximum absolute atomic E-state index is 11.7. The summed E-state index contributed by atoms with van der Waals surface area (Å²) in [6, 6.07) is 0.331. The highest BCUT2D eigenvalue weighted by atomic mass is 16.5. The Bertz CT molecular complexity index is 229. The van der Waals surface area contributed by atoms with Crippen LogP contribution in [0.5, 0.6) is 0 Å². The third kappa shape index (κ3) is 3.46. The summed E-state index contributed by atoms with van der Waals surface area (Å²) < 4.78 is 5.10. The molecule has 0 aromatic carbocycles. The number of carbonyl (C=O) groups is 1. The van der Waals surface area contributed by atoms with Gasteiger partial charge in [-0.1, -0.05) is 13.8 Å². The molecule has 16 heavy (non-hydrogen) atoms. The molecule has 0 aromatic heterocycles. The van der Waals surface area contributed by atoms with Crippen LogP contribution in [0.15, 0.2) is 0 Å². The Morgan fingerprint density at radius 1 is 1.50 bits per heavy atom.